The van der Waals surface area contributed by atoms with Gasteiger partial charge in [-0.2, -0.15) is 0 Å². The second-order valence-electron chi connectivity index (χ2n) is 4.85. The molecule has 1 atom stereocenters. The van der Waals surface area contributed by atoms with Crippen molar-refractivity contribution in [1.82, 2.24) is 4.98 Å². The van der Waals surface area contributed by atoms with Crippen LogP contribution in [0.1, 0.15) is 6.92 Å². The Morgan fingerprint density at radius 3 is 3.11 bits per heavy atom. The van der Waals surface area contributed by atoms with Crippen LogP contribution in [0, 0.1) is 0 Å². The van der Waals surface area contributed by atoms with E-state index in [9.17, 15) is 0 Å². The van der Waals surface area contributed by atoms with Crippen LogP contribution in [0.25, 0.3) is 10.9 Å². The number of rotatable bonds is 1. The number of nitrogens with two attached hydrogens (primary N) is 1. The van der Waals surface area contributed by atoms with Crippen LogP contribution in [-0.2, 0) is 4.74 Å². The van der Waals surface area contributed by atoms with Gasteiger partial charge in [0.2, 0.25) is 0 Å². The van der Waals surface area contributed by atoms with Crippen LogP contribution in [0.3, 0.4) is 0 Å². The number of morpholine rings is 1. The van der Waals surface area contributed by atoms with Crippen molar-refractivity contribution in [3.8, 4) is 0 Å². The number of fused-ring (bicyclic) bond motifs is 1. The fraction of sp³-hybridized carbons (Fsp3) is 0.357. The average Bonchev–Trinajstić information content (AvgIpc) is 2.38. The molecule has 0 bridgehead atoms. The SMILES string of the molecule is CC1CN(c2c(N)cnc3ccc(Br)cc23)CCO1. The highest BCUT2D eigenvalue weighted by molar-refractivity contribution is 9.10. The van der Waals surface area contributed by atoms with E-state index in [0.29, 0.717) is 0 Å². The highest BCUT2D eigenvalue weighted by atomic mass is 79.9. The van der Waals surface area contributed by atoms with E-state index in [1.807, 2.05) is 12.1 Å². The van der Waals surface area contributed by atoms with Crippen LogP contribution < -0.4 is 10.6 Å². The Bertz CT molecular complexity index is 612. The molecule has 1 aliphatic rings. The van der Waals surface area contributed by atoms with E-state index in [0.717, 1.165) is 46.4 Å². The Morgan fingerprint density at radius 2 is 2.32 bits per heavy atom. The minimum atomic E-state index is 0.225. The van der Waals surface area contributed by atoms with Gasteiger partial charge >= 0.3 is 0 Å². The molecule has 0 spiro atoms. The normalized spacial score (nSPS) is 19.9. The molecule has 0 radical (unpaired) electrons. The number of hydrogen-bond donors (Lipinski definition) is 1. The van der Waals surface area contributed by atoms with E-state index in [1.54, 1.807) is 6.20 Å². The van der Waals surface area contributed by atoms with Crippen LogP contribution in [0.5, 0.6) is 0 Å². The van der Waals surface area contributed by atoms with Gasteiger partial charge in [-0.3, -0.25) is 4.98 Å². The molecule has 0 amide bonds. The smallest absolute Gasteiger partial charge is 0.0745 e. The summed E-state index contributed by atoms with van der Waals surface area (Å²) in [6, 6.07) is 6.08. The number of anilines is 2. The molecule has 5 heteroatoms. The second kappa shape index (κ2) is 4.98. The number of ether oxygens (including phenoxy) is 1. The van der Waals surface area contributed by atoms with E-state index < -0.39 is 0 Å². The molecule has 2 aromatic rings. The number of nitrogen functional groups attached to an aromatic ring is 1. The molecular weight excluding hydrogens is 306 g/mol. The number of aromatic nitrogens is 1. The number of hydrogen-bond acceptors (Lipinski definition) is 4. The predicted octanol–water partition coefficient (Wildman–Crippen LogP) is 2.80. The monoisotopic (exact) mass is 321 g/mol. The third-order valence-electron chi connectivity index (χ3n) is 3.39. The first-order valence-corrected chi connectivity index (χ1v) is 7.15. The van der Waals surface area contributed by atoms with Crippen LogP contribution in [0.4, 0.5) is 11.4 Å². The maximum atomic E-state index is 6.15. The number of nitrogens with zero attached hydrogens (tertiary/aromatic N) is 2. The van der Waals surface area contributed by atoms with Crippen LogP contribution >= 0.6 is 15.9 Å². The molecule has 0 aliphatic carbocycles. The zero-order chi connectivity index (χ0) is 13.4. The Balaban J connectivity index is 2.15. The zero-order valence-electron chi connectivity index (χ0n) is 10.8. The van der Waals surface area contributed by atoms with Crippen LogP contribution in [0.15, 0.2) is 28.9 Å². The fourth-order valence-corrected chi connectivity index (χ4v) is 2.90. The van der Waals surface area contributed by atoms with E-state index in [2.05, 4.69) is 38.8 Å². The van der Waals surface area contributed by atoms with Crippen molar-refractivity contribution in [2.45, 2.75) is 13.0 Å². The van der Waals surface area contributed by atoms with Gasteiger partial charge in [-0.25, -0.2) is 0 Å². The summed E-state index contributed by atoms with van der Waals surface area (Å²) < 4.78 is 6.63. The molecule has 2 heterocycles. The Hall–Kier alpha value is -1.33. The molecule has 1 saturated heterocycles. The van der Waals surface area contributed by atoms with Gasteiger partial charge in [-0.05, 0) is 25.1 Å². The van der Waals surface area contributed by atoms with Gasteiger partial charge in [0.15, 0.2) is 0 Å². The maximum Gasteiger partial charge on any atom is 0.0745 e. The summed E-state index contributed by atoms with van der Waals surface area (Å²) in [6.45, 7) is 4.54. The average molecular weight is 322 g/mol. The molecular formula is C14H16BrN3O. The Morgan fingerprint density at radius 1 is 1.47 bits per heavy atom. The molecule has 4 nitrogen and oxygen atoms in total. The molecule has 3 rings (SSSR count). The molecule has 1 aromatic heterocycles. The first-order valence-electron chi connectivity index (χ1n) is 6.35. The lowest BCUT2D eigenvalue weighted by Gasteiger charge is -2.34. The largest absolute Gasteiger partial charge is 0.396 e. The van der Waals surface area contributed by atoms with Gasteiger partial charge in [-0.1, -0.05) is 15.9 Å². The molecule has 2 N–H and O–H groups in total. The van der Waals surface area contributed by atoms with Gasteiger partial charge in [-0.15, -0.1) is 0 Å². The van der Waals surface area contributed by atoms with Crippen molar-refractivity contribution in [2.24, 2.45) is 0 Å². The summed E-state index contributed by atoms with van der Waals surface area (Å²) in [4.78, 5) is 6.68. The van der Waals surface area contributed by atoms with Crippen molar-refractivity contribution < 1.29 is 4.74 Å². The maximum absolute atomic E-state index is 6.15. The summed E-state index contributed by atoms with van der Waals surface area (Å²) in [5.41, 5.74) is 8.91. The second-order valence-corrected chi connectivity index (χ2v) is 5.77. The quantitative estimate of drug-likeness (QED) is 0.877. The van der Waals surface area contributed by atoms with Gasteiger partial charge < -0.3 is 15.4 Å². The molecule has 1 aliphatic heterocycles. The third kappa shape index (κ3) is 2.40. The molecule has 100 valence electrons. The predicted molar refractivity (Wildman–Crippen MR) is 81.5 cm³/mol. The summed E-state index contributed by atoms with van der Waals surface area (Å²) in [5, 5.41) is 1.09. The van der Waals surface area contributed by atoms with Crippen LogP contribution in [0.2, 0.25) is 0 Å². The number of benzene rings is 1. The van der Waals surface area contributed by atoms with Crippen molar-refractivity contribution in [2.75, 3.05) is 30.3 Å². The third-order valence-corrected chi connectivity index (χ3v) is 3.88. The van der Waals surface area contributed by atoms with Crippen molar-refractivity contribution in [1.29, 1.82) is 0 Å². The van der Waals surface area contributed by atoms with E-state index in [4.69, 9.17) is 10.5 Å². The molecule has 0 saturated carbocycles. The van der Waals surface area contributed by atoms with E-state index in [1.165, 1.54) is 0 Å². The molecule has 1 unspecified atom stereocenters. The first-order chi connectivity index (χ1) is 9.15. The van der Waals surface area contributed by atoms with E-state index >= 15 is 0 Å². The minimum absolute atomic E-state index is 0.225. The zero-order valence-corrected chi connectivity index (χ0v) is 12.4. The highest BCUT2D eigenvalue weighted by Gasteiger charge is 2.21. The summed E-state index contributed by atoms with van der Waals surface area (Å²) in [6.07, 6.45) is 1.97. The van der Waals surface area contributed by atoms with Crippen molar-refractivity contribution >= 4 is 38.2 Å². The van der Waals surface area contributed by atoms with Gasteiger partial charge in [0.05, 0.1) is 35.8 Å². The van der Waals surface area contributed by atoms with Crippen LogP contribution in [-0.4, -0.2) is 30.8 Å². The number of pyridine rings is 1. The summed E-state index contributed by atoms with van der Waals surface area (Å²) in [7, 11) is 0. The minimum Gasteiger partial charge on any atom is -0.396 e. The lowest BCUT2D eigenvalue weighted by Crippen LogP contribution is -2.41. The standard InChI is InChI=1S/C14H16BrN3O/c1-9-8-18(4-5-19-9)14-11-6-10(15)2-3-13(11)17-7-12(14)16/h2-3,6-7,9H,4-5,8,16H2,1H3. The van der Waals surface area contributed by atoms with Crippen molar-refractivity contribution in [3.05, 3.63) is 28.9 Å². The number of halogens is 1. The lowest BCUT2D eigenvalue weighted by atomic mass is 10.1. The van der Waals surface area contributed by atoms with E-state index in [-0.39, 0.29) is 6.10 Å². The lowest BCUT2D eigenvalue weighted by molar-refractivity contribution is 0.0534. The topological polar surface area (TPSA) is 51.4 Å². The van der Waals surface area contributed by atoms with Crippen molar-refractivity contribution in [3.63, 3.8) is 0 Å². The summed E-state index contributed by atoms with van der Waals surface area (Å²) >= 11 is 3.52. The molecule has 1 fully saturated rings. The molecule has 1 aromatic carbocycles. The van der Waals surface area contributed by atoms with Gasteiger partial charge in [0.25, 0.3) is 0 Å². The molecule has 19 heavy (non-hydrogen) atoms. The first kappa shape index (κ1) is 12.7. The summed E-state index contributed by atoms with van der Waals surface area (Å²) in [5.74, 6) is 0. The highest BCUT2D eigenvalue weighted by Crippen LogP contribution is 2.34. The Labute approximate surface area is 120 Å². The van der Waals surface area contributed by atoms with Gasteiger partial charge in [0.1, 0.15) is 0 Å². The van der Waals surface area contributed by atoms with Gasteiger partial charge in [0, 0.05) is 22.9 Å². The fourth-order valence-electron chi connectivity index (χ4n) is 2.54. The Kier molecular flexibility index (Phi) is 3.33.